The number of alkyl halides is 3. The zero-order valence-corrected chi connectivity index (χ0v) is 7.64. The van der Waals surface area contributed by atoms with Crippen LogP contribution in [0.25, 0.3) is 0 Å². The van der Waals surface area contributed by atoms with Gasteiger partial charge in [0.05, 0.1) is 5.56 Å². The summed E-state index contributed by atoms with van der Waals surface area (Å²) in [6, 6.07) is 1.43. The lowest BCUT2D eigenvalue weighted by molar-refractivity contribution is -0.275. The molecule has 1 amide bonds. The molecule has 0 atom stereocenters. The second-order valence-electron chi connectivity index (χ2n) is 2.79. The summed E-state index contributed by atoms with van der Waals surface area (Å²) in [7, 11) is 0. The fourth-order valence-corrected chi connectivity index (χ4v) is 0.997. The number of anilines is 1. The van der Waals surface area contributed by atoms with Crippen molar-refractivity contribution in [3.05, 3.63) is 23.5 Å². The highest BCUT2D eigenvalue weighted by Gasteiger charge is 2.33. The van der Waals surface area contributed by atoms with Crippen molar-refractivity contribution in [3.8, 4) is 5.75 Å². The lowest BCUT2D eigenvalue weighted by atomic mass is 10.1. The number of primary amides is 1. The van der Waals surface area contributed by atoms with Crippen molar-refractivity contribution in [2.45, 2.75) is 6.36 Å². The summed E-state index contributed by atoms with van der Waals surface area (Å²) >= 11 is 0. The number of hydrogen-bond donors (Lipinski definition) is 2. The molecule has 4 N–H and O–H groups in total. The first kappa shape index (κ1) is 12.1. The molecule has 8 heteroatoms. The van der Waals surface area contributed by atoms with Crippen LogP contribution in [0.15, 0.2) is 12.1 Å². The minimum atomic E-state index is -5.08. The summed E-state index contributed by atoms with van der Waals surface area (Å²) < 4.78 is 52.1. The van der Waals surface area contributed by atoms with Crippen LogP contribution in [0.1, 0.15) is 10.4 Å². The van der Waals surface area contributed by atoms with Gasteiger partial charge in [-0.25, -0.2) is 4.39 Å². The Balaban J connectivity index is 3.25. The first-order chi connectivity index (χ1) is 7.20. The number of hydrogen-bond acceptors (Lipinski definition) is 3. The Morgan fingerprint density at radius 3 is 2.31 bits per heavy atom. The number of carbonyl (C=O) groups is 1. The summed E-state index contributed by atoms with van der Waals surface area (Å²) in [6.45, 7) is 0. The van der Waals surface area contributed by atoms with Crippen molar-refractivity contribution in [1.82, 2.24) is 0 Å². The average Bonchev–Trinajstić information content (AvgIpc) is 2.07. The van der Waals surface area contributed by atoms with Gasteiger partial charge >= 0.3 is 6.36 Å². The van der Waals surface area contributed by atoms with Gasteiger partial charge in [0.15, 0.2) is 11.6 Å². The van der Waals surface area contributed by atoms with E-state index in [1.807, 2.05) is 0 Å². The molecule has 0 aromatic heterocycles. The third kappa shape index (κ3) is 2.75. The Morgan fingerprint density at radius 2 is 1.88 bits per heavy atom. The minimum absolute atomic E-state index is 0.269. The maximum Gasteiger partial charge on any atom is 0.573 e. The number of carbonyl (C=O) groups excluding carboxylic acids is 1. The largest absolute Gasteiger partial charge is 0.573 e. The summed E-state index contributed by atoms with van der Waals surface area (Å²) in [5, 5.41) is 0. The molecule has 0 spiro atoms. The molecule has 1 aromatic rings. The highest BCUT2D eigenvalue weighted by molar-refractivity contribution is 5.94. The van der Waals surface area contributed by atoms with Crippen molar-refractivity contribution in [2.24, 2.45) is 5.73 Å². The third-order valence-electron chi connectivity index (χ3n) is 1.55. The van der Waals surface area contributed by atoms with Crippen LogP contribution >= 0.6 is 0 Å². The lowest BCUT2D eigenvalue weighted by Gasteiger charge is -2.11. The van der Waals surface area contributed by atoms with Crippen LogP contribution < -0.4 is 16.2 Å². The maximum absolute atomic E-state index is 13.3. The number of amides is 1. The van der Waals surface area contributed by atoms with E-state index in [4.69, 9.17) is 11.5 Å². The zero-order chi connectivity index (χ0) is 12.5. The summed E-state index contributed by atoms with van der Waals surface area (Å²) in [5.41, 5.74) is 8.87. The second kappa shape index (κ2) is 3.87. The molecule has 0 fully saturated rings. The first-order valence-electron chi connectivity index (χ1n) is 3.85. The van der Waals surface area contributed by atoms with Gasteiger partial charge in [-0.2, -0.15) is 0 Å². The molecule has 0 saturated carbocycles. The van der Waals surface area contributed by atoms with E-state index in [1.165, 1.54) is 0 Å². The molecule has 0 aliphatic rings. The Kier molecular flexibility index (Phi) is 2.92. The van der Waals surface area contributed by atoms with Crippen molar-refractivity contribution in [1.29, 1.82) is 0 Å². The smallest absolute Gasteiger partial charge is 0.403 e. The van der Waals surface area contributed by atoms with Gasteiger partial charge in [0.25, 0.3) is 5.91 Å². The summed E-state index contributed by atoms with van der Waals surface area (Å²) in [6.07, 6.45) is -5.08. The van der Waals surface area contributed by atoms with Crippen LogP contribution in [0.3, 0.4) is 0 Å². The molecule has 0 heterocycles. The van der Waals surface area contributed by atoms with E-state index in [-0.39, 0.29) is 5.69 Å². The van der Waals surface area contributed by atoms with E-state index < -0.39 is 29.4 Å². The fourth-order valence-electron chi connectivity index (χ4n) is 0.997. The Bertz CT molecular complexity index is 431. The van der Waals surface area contributed by atoms with Crippen LogP contribution in [-0.4, -0.2) is 12.3 Å². The standard InChI is InChI=1S/C8H6F4N2O2/c9-6-4(7(14)15)1-3(13)2-5(6)16-8(10,11)12/h1-2H,13H2,(H2,14,15). The Morgan fingerprint density at radius 1 is 1.31 bits per heavy atom. The average molecular weight is 238 g/mol. The van der Waals surface area contributed by atoms with Gasteiger partial charge in [-0.1, -0.05) is 0 Å². The van der Waals surface area contributed by atoms with Gasteiger partial charge in [-0.3, -0.25) is 4.79 Å². The minimum Gasteiger partial charge on any atom is -0.403 e. The first-order valence-corrected chi connectivity index (χ1v) is 3.85. The van der Waals surface area contributed by atoms with E-state index in [1.54, 1.807) is 0 Å². The van der Waals surface area contributed by atoms with E-state index in [2.05, 4.69) is 4.74 Å². The highest BCUT2D eigenvalue weighted by Crippen LogP contribution is 2.29. The quantitative estimate of drug-likeness (QED) is 0.603. The predicted molar refractivity (Wildman–Crippen MR) is 46.0 cm³/mol. The van der Waals surface area contributed by atoms with Crippen LogP contribution in [0, 0.1) is 5.82 Å². The topological polar surface area (TPSA) is 78.3 Å². The summed E-state index contributed by atoms with van der Waals surface area (Å²) in [4.78, 5) is 10.7. The number of rotatable bonds is 2. The van der Waals surface area contributed by atoms with Crippen LogP contribution in [0.5, 0.6) is 5.75 Å². The van der Waals surface area contributed by atoms with Crippen molar-refractivity contribution in [2.75, 3.05) is 5.73 Å². The molecule has 0 aliphatic carbocycles. The molecular weight excluding hydrogens is 232 g/mol. The monoisotopic (exact) mass is 238 g/mol. The number of benzene rings is 1. The van der Waals surface area contributed by atoms with Crippen molar-refractivity contribution in [3.63, 3.8) is 0 Å². The summed E-state index contributed by atoms with van der Waals surface area (Å²) in [5.74, 6) is -3.93. The molecule has 0 saturated heterocycles. The second-order valence-corrected chi connectivity index (χ2v) is 2.79. The van der Waals surface area contributed by atoms with Gasteiger partial charge < -0.3 is 16.2 Å². The van der Waals surface area contributed by atoms with E-state index in [0.29, 0.717) is 6.07 Å². The van der Waals surface area contributed by atoms with Gasteiger partial charge in [0, 0.05) is 11.8 Å². The van der Waals surface area contributed by atoms with Gasteiger partial charge in [0.1, 0.15) is 0 Å². The van der Waals surface area contributed by atoms with Crippen molar-refractivity contribution >= 4 is 11.6 Å². The number of nitrogen functional groups attached to an aromatic ring is 1. The Hall–Kier alpha value is -1.99. The van der Waals surface area contributed by atoms with Gasteiger partial charge in [0.2, 0.25) is 0 Å². The zero-order valence-electron chi connectivity index (χ0n) is 7.64. The molecule has 16 heavy (non-hydrogen) atoms. The highest BCUT2D eigenvalue weighted by atomic mass is 19.4. The molecule has 0 aliphatic heterocycles. The molecule has 0 unspecified atom stereocenters. The Labute approximate surface area is 86.8 Å². The molecule has 1 rings (SSSR count). The van der Waals surface area contributed by atoms with E-state index >= 15 is 0 Å². The van der Waals surface area contributed by atoms with Crippen LogP contribution in [0.4, 0.5) is 23.2 Å². The molecule has 0 radical (unpaired) electrons. The van der Waals surface area contributed by atoms with Crippen molar-refractivity contribution < 1.29 is 27.1 Å². The SMILES string of the molecule is NC(=O)c1cc(N)cc(OC(F)(F)F)c1F. The van der Waals surface area contributed by atoms with Gasteiger partial charge in [-0.05, 0) is 6.07 Å². The fraction of sp³-hybridized carbons (Fsp3) is 0.125. The molecule has 1 aromatic carbocycles. The molecular formula is C8H6F4N2O2. The lowest BCUT2D eigenvalue weighted by Crippen LogP contribution is -2.20. The van der Waals surface area contributed by atoms with Crippen LogP contribution in [-0.2, 0) is 0 Å². The van der Waals surface area contributed by atoms with Crippen LogP contribution in [0.2, 0.25) is 0 Å². The number of ether oxygens (including phenoxy) is 1. The van der Waals surface area contributed by atoms with E-state index in [0.717, 1.165) is 6.07 Å². The van der Waals surface area contributed by atoms with Gasteiger partial charge in [-0.15, -0.1) is 13.2 Å². The molecule has 4 nitrogen and oxygen atoms in total. The molecule has 88 valence electrons. The molecule has 0 bridgehead atoms. The van der Waals surface area contributed by atoms with E-state index in [9.17, 15) is 22.4 Å². The maximum atomic E-state index is 13.3. The third-order valence-corrected chi connectivity index (χ3v) is 1.55. The number of halogens is 4. The number of nitrogens with two attached hydrogens (primary N) is 2. The predicted octanol–water partition coefficient (Wildman–Crippen LogP) is 1.41. The normalized spacial score (nSPS) is 11.2.